The summed E-state index contributed by atoms with van der Waals surface area (Å²) in [6, 6.07) is 6.43. The maximum Gasteiger partial charge on any atom is 0.0547 e. The van der Waals surface area contributed by atoms with E-state index in [1.54, 1.807) is 0 Å². The maximum absolute atomic E-state index is 4.79. The molecule has 2 heterocycles. The quantitative estimate of drug-likeness (QED) is 0.778. The summed E-state index contributed by atoms with van der Waals surface area (Å²) < 4.78 is 0. The molecule has 0 amide bonds. The molecule has 0 atom stereocenters. The normalized spacial score (nSPS) is 18.8. The summed E-state index contributed by atoms with van der Waals surface area (Å²) in [5.74, 6) is 0. The highest BCUT2D eigenvalue weighted by atomic mass is 15.1. The van der Waals surface area contributed by atoms with Crippen LogP contribution < -0.4 is 5.32 Å². The number of pyridine rings is 1. The first-order valence-corrected chi connectivity index (χ1v) is 8.53. The van der Waals surface area contributed by atoms with Gasteiger partial charge >= 0.3 is 0 Å². The molecule has 0 radical (unpaired) electrons. The lowest BCUT2D eigenvalue weighted by atomic mass is 9.78. The molecule has 0 saturated carbocycles. The van der Waals surface area contributed by atoms with Crippen LogP contribution in [0.5, 0.6) is 0 Å². The first-order chi connectivity index (χ1) is 10.1. The number of aromatic nitrogens is 1. The lowest BCUT2D eigenvalue weighted by molar-refractivity contribution is 0.108. The van der Waals surface area contributed by atoms with Gasteiger partial charge in [0.15, 0.2) is 0 Å². The van der Waals surface area contributed by atoms with Gasteiger partial charge in [-0.2, -0.15) is 0 Å². The molecule has 3 heteroatoms. The van der Waals surface area contributed by atoms with Gasteiger partial charge in [-0.1, -0.05) is 33.3 Å². The third-order valence-corrected chi connectivity index (χ3v) is 4.90. The molecule has 1 aromatic rings. The topological polar surface area (TPSA) is 28.2 Å². The van der Waals surface area contributed by atoms with E-state index in [1.165, 1.54) is 44.5 Å². The average Bonchev–Trinajstić information content (AvgIpc) is 2.51. The molecule has 118 valence electrons. The van der Waals surface area contributed by atoms with Gasteiger partial charge in [-0.15, -0.1) is 0 Å². The number of piperidine rings is 1. The van der Waals surface area contributed by atoms with Gasteiger partial charge in [0, 0.05) is 13.1 Å². The van der Waals surface area contributed by atoms with E-state index in [0.717, 1.165) is 25.3 Å². The molecule has 1 fully saturated rings. The molecule has 0 spiro atoms. The maximum atomic E-state index is 4.79. The molecule has 0 bridgehead atoms. The van der Waals surface area contributed by atoms with Crippen LogP contribution in [-0.2, 0) is 13.1 Å². The van der Waals surface area contributed by atoms with Gasteiger partial charge in [0.1, 0.15) is 0 Å². The summed E-state index contributed by atoms with van der Waals surface area (Å²) in [4.78, 5) is 7.35. The van der Waals surface area contributed by atoms with Crippen LogP contribution in [0.1, 0.15) is 57.8 Å². The van der Waals surface area contributed by atoms with Crippen molar-refractivity contribution in [2.24, 2.45) is 5.41 Å². The van der Waals surface area contributed by atoms with E-state index in [4.69, 9.17) is 4.98 Å². The van der Waals surface area contributed by atoms with Crippen LogP contribution in [0.2, 0.25) is 0 Å². The number of nitrogens with zero attached hydrogens (tertiary/aromatic N) is 2. The van der Waals surface area contributed by atoms with Crippen LogP contribution in [0.15, 0.2) is 18.2 Å². The highest BCUT2D eigenvalue weighted by Gasteiger charge is 2.28. The van der Waals surface area contributed by atoms with E-state index in [9.17, 15) is 0 Å². The number of nitrogens with one attached hydrogen (secondary N) is 1. The van der Waals surface area contributed by atoms with Crippen molar-refractivity contribution in [1.29, 1.82) is 0 Å². The number of hydrogen-bond donors (Lipinski definition) is 1. The van der Waals surface area contributed by atoms with Crippen LogP contribution >= 0.6 is 0 Å². The summed E-state index contributed by atoms with van der Waals surface area (Å²) in [7, 11) is 0. The smallest absolute Gasteiger partial charge is 0.0547 e. The lowest BCUT2D eigenvalue weighted by Crippen LogP contribution is -2.38. The van der Waals surface area contributed by atoms with Crippen molar-refractivity contribution >= 4 is 0 Å². The van der Waals surface area contributed by atoms with E-state index in [0.29, 0.717) is 5.41 Å². The van der Waals surface area contributed by atoms with Crippen LogP contribution in [-0.4, -0.2) is 29.5 Å². The Bertz CT molecular complexity index is 422. The SMILES string of the molecule is CCCNCc1cccc(CN2CCC(C)(CC)CC2)n1. The Hall–Kier alpha value is -0.930. The van der Waals surface area contributed by atoms with Crippen molar-refractivity contribution in [3.63, 3.8) is 0 Å². The minimum absolute atomic E-state index is 0.565. The van der Waals surface area contributed by atoms with E-state index in [1.807, 2.05) is 0 Å². The van der Waals surface area contributed by atoms with Crippen molar-refractivity contribution in [3.8, 4) is 0 Å². The van der Waals surface area contributed by atoms with E-state index in [2.05, 4.69) is 49.2 Å². The molecule has 0 unspecified atom stereocenters. The zero-order chi connectivity index (χ0) is 15.1. The van der Waals surface area contributed by atoms with Gasteiger partial charge < -0.3 is 5.32 Å². The molecule has 0 aliphatic carbocycles. The fraction of sp³-hybridized carbons (Fsp3) is 0.722. The summed E-state index contributed by atoms with van der Waals surface area (Å²) in [6.45, 7) is 12.3. The fourth-order valence-electron chi connectivity index (χ4n) is 2.94. The largest absolute Gasteiger partial charge is 0.311 e. The molecule has 0 aromatic carbocycles. The summed E-state index contributed by atoms with van der Waals surface area (Å²) in [5, 5.41) is 3.42. The summed E-state index contributed by atoms with van der Waals surface area (Å²) in [6.07, 6.45) is 5.11. The monoisotopic (exact) mass is 289 g/mol. The third kappa shape index (κ3) is 5.08. The molecule has 1 N–H and O–H groups in total. The van der Waals surface area contributed by atoms with Crippen molar-refractivity contribution in [3.05, 3.63) is 29.6 Å². The van der Waals surface area contributed by atoms with E-state index >= 15 is 0 Å². The Morgan fingerprint density at radius 1 is 1.19 bits per heavy atom. The fourth-order valence-corrected chi connectivity index (χ4v) is 2.94. The molecule has 21 heavy (non-hydrogen) atoms. The standard InChI is InChI=1S/C18H31N3/c1-4-11-19-14-16-7-6-8-17(20-16)15-21-12-9-18(3,5-2)10-13-21/h6-8,19H,4-5,9-15H2,1-3H3. The first-order valence-electron chi connectivity index (χ1n) is 8.53. The van der Waals surface area contributed by atoms with Crippen LogP contribution in [0.4, 0.5) is 0 Å². The van der Waals surface area contributed by atoms with E-state index in [-0.39, 0.29) is 0 Å². The molecule has 1 aromatic heterocycles. The molecular formula is C18H31N3. The Kier molecular flexibility index (Phi) is 6.19. The molecule has 1 aliphatic rings. The third-order valence-electron chi connectivity index (χ3n) is 4.90. The predicted octanol–water partition coefficient (Wildman–Crippen LogP) is 3.59. The second-order valence-corrected chi connectivity index (χ2v) is 6.74. The van der Waals surface area contributed by atoms with Crippen molar-refractivity contribution in [2.45, 2.75) is 59.5 Å². The van der Waals surface area contributed by atoms with Crippen LogP contribution in [0.25, 0.3) is 0 Å². The summed E-state index contributed by atoms with van der Waals surface area (Å²) in [5.41, 5.74) is 2.94. The first kappa shape index (κ1) is 16.4. The van der Waals surface area contributed by atoms with E-state index < -0.39 is 0 Å². The molecule has 3 nitrogen and oxygen atoms in total. The second kappa shape index (κ2) is 7.90. The second-order valence-electron chi connectivity index (χ2n) is 6.74. The lowest BCUT2D eigenvalue weighted by Gasteiger charge is -2.38. The Morgan fingerprint density at radius 3 is 2.57 bits per heavy atom. The van der Waals surface area contributed by atoms with Gasteiger partial charge in [-0.3, -0.25) is 9.88 Å². The minimum Gasteiger partial charge on any atom is -0.311 e. The zero-order valence-corrected chi connectivity index (χ0v) is 14.0. The Morgan fingerprint density at radius 2 is 1.90 bits per heavy atom. The van der Waals surface area contributed by atoms with Gasteiger partial charge in [0.25, 0.3) is 0 Å². The molecule has 2 rings (SSSR count). The minimum atomic E-state index is 0.565. The van der Waals surface area contributed by atoms with Crippen molar-refractivity contribution < 1.29 is 0 Å². The van der Waals surface area contributed by atoms with Gasteiger partial charge in [-0.05, 0) is 56.4 Å². The average molecular weight is 289 g/mol. The Balaban J connectivity index is 1.84. The number of likely N-dealkylation sites (tertiary alicyclic amines) is 1. The summed E-state index contributed by atoms with van der Waals surface area (Å²) >= 11 is 0. The number of rotatable bonds is 7. The number of hydrogen-bond acceptors (Lipinski definition) is 3. The van der Waals surface area contributed by atoms with Crippen molar-refractivity contribution in [1.82, 2.24) is 15.2 Å². The van der Waals surface area contributed by atoms with Crippen LogP contribution in [0, 0.1) is 5.41 Å². The molecule has 1 aliphatic heterocycles. The molecule has 1 saturated heterocycles. The van der Waals surface area contributed by atoms with Crippen molar-refractivity contribution in [2.75, 3.05) is 19.6 Å². The highest BCUT2D eigenvalue weighted by Crippen LogP contribution is 2.34. The highest BCUT2D eigenvalue weighted by molar-refractivity contribution is 5.11. The van der Waals surface area contributed by atoms with Gasteiger partial charge in [0.05, 0.1) is 11.4 Å². The Labute approximate surface area is 130 Å². The van der Waals surface area contributed by atoms with Crippen LogP contribution in [0.3, 0.4) is 0 Å². The zero-order valence-electron chi connectivity index (χ0n) is 14.0. The van der Waals surface area contributed by atoms with Gasteiger partial charge in [-0.25, -0.2) is 0 Å². The predicted molar refractivity (Wildman–Crippen MR) is 89.1 cm³/mol. The van der Waals surface area contributed by atoms with Gasteiger partial charge in [0.2, 0.25) is 0 Å². The molecular weight excluding hydrogens is 258 g/mol.